The van der Waals surface area contributed by atoms with E-state index in [-0.39, 0.29) is 24.2 Å². The number of aliphatic hydroxyl groups excluding tert-OH is 1. The van der Waals surface area contributed by atoms with Crippen LogP contribution in [0, 0.1) is 18.6 Å². The van der Waals surface area contributed by atoms with Gasteiger partial charge in [-0.1, -0.05) is 12.1 Å². The van der Waals surface area contributed by atoms with Crippen LogP contribution in [0.5, 0.6) is 0 Å². The van der Waals surface area contributed by atoms with Gasteiger partial charge >= 0.3 is 0 Å². The molecule has 0 aliphatic carbocycles. The predicted molar refractivity (Wildman–Crippen MR) is 49.7 cm³/mol. The molecule has 0 aromatic heterocycles. The molecular formula is C10H13F2NO. The molecule has 0 heterocycles. The maximum atomic E-state index is 13.3. The van der Waals surface area contributed by atoms with Crippen LogP contribution in [-0.4, -0.2) is 11.7 Å². The van der Waals surface area contributed by atoms with Gasteiger partial charge in [-0.25, -0.2) is 8.78 Å². The summed E-state index contributed by atoms with van der Waals surface area (Å²) < 4.78 is 26.4. The highest BCUT2D eigenvalue weighted by molar-refractivity contribution is 5.27. The summed E-state index contributed by atoms with van der Waals surface area (Å²) in [5, 5.41) is 8.62. The molecule has 1 aromatic carbocycles. The lowest BCUT2D eigenvalue weighted by atomic mass is 10.0. The van der Waals surface area contributed by atoms with Crippen molar-refractivity contribution in [3.05, 3.63) is 34.9 Å². The second-order valence-electron chi connectivity index (χ2n) is 3.22. The molecule has 0 saturated carbocycles. The molecule has 0 amide bonds. The van der Waals surface area contributed by atoms with E-state index in [9.17, 15) is 8.78 Å². The van der Waals surface area contributed by atoms with E-state index in [4.69, 9.17) is 10.8 Å². The summed E-state index contributed by atoms with van der Waals surface area (Å²) in [6.45, 7) is 1.34. The molecule has 0 fully saturated rings. The normalized spacial score (nSPS) is 12.9. The Labute approximate surface area is 81.4 Å². The zero-order chi connectivity index (χ0) is 10.7. The highest BCUT2D eigenvalue weighted by Crippen LogP contribution is 2.21. The van der Waals surface area contributed by atoms with Gasteiger partial charge in [0, 0.05) is 18.2 Å². The fourth-order valence-electron chi connectivity index (χ4n) is 1.24. The van der Waals surface area contributed by atoms with Crippen molar-refractivity contribution in [1.29, 1.82) is 0 Å². The third-order valence-corrected chi connectivity index (χ3v) is 2.14. The van der Waals surface area contributed by atoms with Crippen LogP contribution in [-0.2, 0) is 0 Å². The molecule has 0 saturated heterocycles. The number of rotatable bonds is 3. The lowest BCUT2D eigenvalue weighted by Crippen LogP contribution is -2.14. The summed E-state index contributed by atoms with van der Waals surface area (Å²) in [6, 6.07) is 2.27. The summed E-state index contributed by atoms with van der Waals surface area (Å²) >= 11 is 0. The van der Waals surface area contributed by atoms with Crippen molar-refractivity contribution in [2.45, 2.75) is 19.4 Å². The van der Waals surface area contributed by atoms with Crippen LogP contribution in [0.1, 0.15) is 23.6 Å². The zero-order valence-electron chi connectivity index (χ0n) is 7.93. The van der Waals surface area contributed by atoms with Gasteiger partial charge in [0.2, 0.25) is 0 Å². The molecule has 2 nitrogen and oxygen atoms in total. The Balaban J connectivity index is 3.04. The van der Waals surface area contributed by atoms with Crippen LogP contribution >= 0.6 is 0 Å². The fraction of sp³-hybridized carbons (Fsp3) is 0.400. The van der Waals surface area contributed by atoms with Crippen molar-refractivity contribution in [3.8, 4) is 0 Å². The highest BCUT2D eigenvalue weighted by Gasteiger charge is 2.15. The van der Waals surface area contributed by atoms with E-state index in [2.05, 4.69) is 0 Å². The summed E-state index contributed by atoms with van der Waals surface area (Å²) in [6.07, 6.45) is 0.222. The van der Waals surface area contributed by atoms with Crippen LogP contribution < -0.4 is 5.73 Å². The number of aliphatic hydroxyl groups is 1. The number of nitrogens with two attached hydrogens (primary N) is 1. The first-order chi connectivity index (χ1) is 6.57. The molecular weight excluding hydrogens is 188 g/mol. The lowest BCUT2D eigenvalue weighted by molar-refractivity contribution is 0.275. The number of hydrogen-bond donors (Lipinski definition) is 2. The molecule has 0 bridgehead atoms. The van der Waals surface area contributed by atoms with Crippen LogP contribution in [0.25, 0.3) is 0 Å². The third-order valence-electron chi connectivity index (χ3n) is 2.14. The molecule has 0 aliphatic heterocycles. The highest BCUT2D eigenvalue weighted by atomic mass is 19.2. The number of hydrogen-bond acceptors (Lipinski definition) is 2. The standard InChI is InChI=1S/C10H13F2NO/c1-6-2-3-7(8(13)4-5-14)10(12)9(6)11/h2-3,8,14H,4-5,13H2,1H3. The Bertz CT molecular complexity index is 328. The quantitative estimate of drug-likeness (QED) is 0.781. The van der Waals surface area contributed by atoms with E-state index in [1.54, 1.807) is 0 Å². The zero-order valence-corrected chi connectivity index (χ0v) is 7.93. The molecule has 1 unspecified atom stereocenters. The fourth-order valence-corrected chi connectivity index (χ4v) is 1.24. The van der Waals surface area contributed by atoms with Gasteiger partial charge in [-0.15, -0.1) is 0 Å². The minimum Gasteiger partial charge on any atom is -0.396 e. The average Bonchev–Trinajstić information content (AvgIpc) is 2.15. The maximum absolute atomic E-state index is 13.3. The molecule has 1 aromatic rings. The summed E-state index contributed by atoms with van der Waals surface area (Å²) in [5.41, 5.74) is 5.92. The van der Waals surface area contributed by atoms with Crippen molar-refractivity contribution in [1.82, 2.24) is 0 Å². The molecule has 78 valence electrons. The van der Waals surface area contributed by atoms with Crippen molar-refractivity contribution in [3.63, 3.8) is 0 Å². The Morgan fingerprint density at radius 2 is 2.00 bits per heavy atom. The average molecular weight is 201 g/mol. The van der Waals surface area contributed by atoms with Crippen molar-refractivity contribution >= 4 is 0 Å². The smallest absolute Gasteiger partial charge is 0.163 e. The van der Waals surface area contributed by atoms with Crippen LogP contribution in [0.2, 0.25) is 0 Å². The number of aryl methyl sites for hydroxylation is 1. The molecule has 1 atom stereocenters. The minimum absolute atomic E-state index is 0.113. The minimum atomic E-state index is -0.911. The molecule has 4 heteroatoms. The van der Waals surface area contributed by atoms with Gasteiger partial charge < -0.3 is 10.8 Å². The van der Waals surface area contributed by atoms with E-state index < -0.39 is 17.7 Å². The third kappa shape index (κ3) is 2.08. The largest absolute Gasteiger partial charge is 0.396 e. The van der Waals surface area contributed by atoms with Crippen molar-refractivity contribution in [2.24, 2.45) is 5.73 Å². The second-order valence-corrected chi connectivity index (χ2v) is 3.22. The first-order valence-electron chi connectivity index (χ1n) is 4.39. The van der Waals surface area contributed by atoms with Gasteiger partial charge in [-0.3, -0.25) is 0 Å². The van der Waals surface area contributed by atoms with Gasteiger partial charge in [-0.2, -0.15) is 0 Å². The van der Waals surface area contributed by atoms with Gasteiger partial charge in [0.15, 0.2) is 11.6 Å². The van der Waals surface area contributed by atoms with Gasteiger partial charge in [0.25, 0.3) is 0 Å². The molecule has 0 radical (unpaired) electrons. The number of halogens is 2. The number of benzene rings is 1. The Morgan fingerprint density at radius 1 is 1.36 bits per heavy atom. The molecule has 3 N–H and O–H groups in total. The molecule has 1 rings (SSSR count). The first kappa shape index (κ1) is 11.1. The predicted octanol–water partition coefficient (Wildman–Crippen LogP) is 1.66. The molecule has 14 heavy (non-hydrogen) atoms. The summed E-state index contributed by atoms with van der Waals surface area (Å²) in [5.74, 6) is -1.78. The molecule has 0 aliphatic rings. The van der Waals surface area contributed by atoms with Gasteiger partial charge in [0.1, 0.15) is 0 Å². The van der Waals surface area contributed by atoms with Crippen molar-refractivity contribution < 1.29 is 13.9 Å². The van der Waals surface area contributed by atoms with E-state index >= 15 is 0 Å². The summed E-state index contributed by atoms with van der Waals surface area (Å²) in [7, 11) is 0. The Hall–Kier alpha value is -1.00. The lowest BCUT2D eigenvalue weighted by Gasteiger charge is -2.12. The Kier molecular flexibility index (Phi) is 3.55. The monoisotopic (exact) mass is 201 g/mol. The molecule has 0 spiro atoms. The van der Waals surface area contributed by atoms with E-state index in [1.807, 2.05) is 0 Å². The van der Waals surface area contributed by atoms with Crippen LogP contribution in [0.4, 0.5) is 8.78 Å². The Morgan fingerprint density at radius 3 is 2.57 bits per heavy atom. The first-order valence-corrected chi connectivity index (χ1v) is 4.39. The van der Waals surface area contributed by atoms with Crippen LogP contribution in [0.3, 0.4) is 0 Å². The van der Waals surface area contributed by atoms with E-state index in [0.29, 0.717) is 0 Å². The van der Waals surface area contributed by atoms with Crippen molar-refractivity contribution in [2.75, 3.05) is 6.61 Å². The summed E-state index contributed by atoms with van der Waals surface area (Å²) in [4.78, 5) is 0. The SMILES string of the molecule is Cc1ccc(C(N)CCO)c(F)c1F. The van der Waals surface area contributed by atoms with Gasteiger partial charge in [-0.05, 0) is 18.9 Å². The van der Waals surface area contributed by atoms with E-state index in [1.165, 1.54) is 19.1 Å². The van der Waals surface area contributed by atoms with Crippen LogP contribution in [0.15, 0.2) is 12.1 Å². The van der Waals surface area contributed by atoms with Gasteiger partial charge in [0.05, 0.1) is 0 Å². The maximum Gasteiger partial charge on any atom is 0.163 e. The van der Waals surface area contributed by atoms with E-state index in [0.717, 1.165) is 0 Å². The topological polar surface area (TPSA) is 46.2 Å². The second kappa shape index (κ2) is 4.48.